The van der Waals surface area contributed by atoms with Crippen molar-refractivity contribution in [2.24, 2.45) is 0 Å². The maximum absolute atomic E-state index is 10.9. The quantitative estimate of drug-likeness (QED) is 0.921. The van der Waals surface area contributed by atoms with Crippen LogP contribution in [-0.2, 0) is 6.61 Å². The Morgan fingerprint density at radius 2 is 2.25 bits per heavy atom. The molecule has 0 saturated heterocycles. The van der Waals surface area contributed by atoms with Crippen molar-refractivity contribution in [2.45, 2.75) is 13.5 Å². The van der Waals surface area contributed by atoms with Gasteiger partial charge < -0.3 is 9.84 Å². The van der Waals surface area contributed by atoms with E-state index in [0.717, 1.165) is 5.56 Å². The van der Waals surface area contributed by atoms with Crippen molar-refractivity contribution in [3.05, 3.63) is 58.9 Å². The van der Waals surface area contributed by atoms with E-state index < -0.39 is 5.97 Å². The summed E-state index contributed by atoms with van der Waals surface area (Å²) in [6, 6.07) is 10.1. The van der Waals surface area contributed by atoms with Crippen LogP contribution >= 0.6 is 0 Å². The molecule has 1 heterocycles. The van der Waals surface area contributed by atoms with Crippen LogP contribution in [0.2, 0.25) is 0 Å². The number of hydrogen-bond donors (Lipinski definition) is 1. The van der Waals surface area contributed by atoms with Crippen molar-refractivity contribution < 1.29 is 14.6 Å². The van der Waals surface area contributed by atoms with E-state index in [2.05, 4.69) is 4.98 Å². The Hall–Kier alpha value is -2.87. The number of nitriles is 1. The number of rotatable bonds is 4. The summed E-state index contributed by atoms with van der Waals surface area (Å²) in [7, 11) is 0. The number of ether oxygens (including phenoxy) is 1. The predicted octanol–water partition coefficient (Wildman–Crippen LogP) is 2.54. The average Bonchev–Trinajstić information content (AvgIpc) is 2.46. The van der Waals surface area contributed by atoms with Gasteiger partial charge in [0.05, 0.1) is 5.56 Å². The molecule has 20 heavy (non-hydrogen) atoms. The lowest BCUT2D eigenvalue weighted by Crippen LogP contribution is -2.03. The lowest BCUT2D eigenvalue weighted by atomic mass is 10.1. The molecular weight excluding hydrogens is 256 g/mol. The van der Waals surface area contributed by atoms with Crippen LogP contribution in [0.1, 0.15) is 27.2 Å². The Labute approximate surface area is 116 Å². The zero-order valence-electron chi connectivity index (χ0n) is 10.8. The molecule has 1 N–H and O–H groups in total. The summed E-state index contributed by atoms with van der Waals surface area (Å²) in [5.41, 5.74) is 1.96. The number of benzene rings is 1. The molecule has 1 aromatic heterocycles. The molecule has 1 aromatic carbocycles. The standard InChI is InChI=1S/C15H12N2O3/c1-10-4-5-11(15(18)19)7-14(10)20-9-12-3-2-6-17-13(12)8-16/h2-7H,9H2,1H3,(H,18,19). The van der Waals surface area contributed by atoms with E-state index in [4.69, 9.17) is 15.1 Å². The molecule has 2 rings (SSSR count). The largest absolute Gasteiger partial charge is 0.489 e. The number of pyridine rings is 1. The van der Waals surface area contributed by atoms with Gasteiger partial charge in [0.1, 0.15) is 24.1 Å². The third-order valence-electron chi connectivity index (χ3n) is 2.82. The van der Waals surface area contributed by atoms with E-state index in [1.165, 1.54) is 12.1 Å². The van der Waals surface area contributed by atoms with E-state index >= 15 is 0 Å². The summed E-state index contributed by atoms with van der Waals surface area (Å²) in [4.78, 5) is 14.9. The first-order chi connectivity index (χ1) is 9.61. The van der Waals surface area contributed by atoms with Gasteiger partial charge in [-0.15, -0.1) is 0 Å². The van der Waals surface area contributed by atoms with Crippen LogP contribution in [0, 0.1) is 18.3 Å². The van der Waals surface area contributed by atoms with Crippen molar-refractivity contribution in [3.8, 4) is 11.8 Å². The van der Waals surface area contributed by atoms with Gasteiger partial charge in [0.2, 0.25) is 0 Å². The second-order valence-corrected chi connectivity index (χ2v) is 4.20. The minimum atomic E-state index is -1.01. The molecule has 0 radical (unpaired) electrons. The van der Waals surface area contributed by atoms with E-state index in [0.29, 0.717) is 17.0 Å². The normalized spacial score (nSPS) is 9.80. The Morgan fingerprint density at radius 3 is 2.95 bits per heavy atom. The van der Waals surface area contributed by atoms with Gasteiger partial charge in [0.25, 0.3) is 0 Å². The van der Waals surface area contributed by atoms with Crippen LogP contribution in [0.5, 0.6) is 5.75 Å². The number of carboxylic acids is 1. The number of aromatic nitrogens is 1. The lowest BCUT2D eigenvalue weighted by Gasteiger charge is -2.10. The second kappa shape index (κ2) is 5.85. The zero-order valence-corrected chi connectivity index (χ0v) is 10.8. The SMILES string of the molecule is Cc1ccc(C(=O)O)cc1OCc1cccnc1C#N. The molecule has 0 spiro atoms. The van der Waals surface area contributed by atoms with E-state index in [9.17, 15) is 4.79 Å². The molecule has 0 atom stereocenters. The number of nitrogens with zero attached hydrogens (tertiary/aromatic N) is 2. The molecule has 0 saturated carbocycles. The monoisotopic (exact) mass is 268 g/mol. The first-order valence-corrected chi connectivity index (χ1v) is 5.92. The van der Waals surface area contributed by atoms with Crippen LogP contribution in [0.4, 0.5) is 0 Å². The van der Waals surface area contributed by atoms with Crippen molar-refractivity contribution in [2.75, 3.05) is 0 Å². The van der Waals surface area contributed by atoms with Crippen LogP contribution in [-0.4, -0.2) is 16.1 Å². The molecule has 0 bridgehead atoms. The molecule has 0 aliphatic rings. The fraction of sp³-hybridized carbons (Fsp3) is 0.133. The Kier molecular flexibility index (Phi) is 3.96. The molecule has 5 nitrogen and oxygen atoms in total. The summed E-state index contributed by atoms with van der Waals surface area (Å²) in [5, 5.41) is 17.9. The van der Waals surface area contributed by atoms with Gasteiger partial charge in [-0.1, -0.05) is 12.1 Å². The van der Waals surface area contributed by atoms with Crippen LogP contribution in [0.25, 0.3) is 0 Å². The number of hydrogen-bond acceptors (Lipinski definition) is 4. The minimum absolute atomic E-state index is 0.164. The van der Waals surface area contributed by atoms with Crippen molar-refractivity contribution >= 4 is 5.97 Å². The van der Waals surface area contributed by atoms with Gasteiger partial charge in [0, 0.05) is 11.8 Å². The van der Waals surface area contributed by atoms with Crippen LogP contribution < -0.4 is 4.74 Å². The van der Waals surface area contributed by atoms with Gasteiger partial charge >= 0.3 is 5.97 Å². The number of carboxylic acid groups (broad SMARTS) is 1. The molecule has 0 amide bonds. The fourth-order valence-corrected chi connectivity index (χ4v) is 1.70. The van der Waals surface area contributed by atoms with Crippen molar-refractivity contribution in [1.29, 1.82) is 5.26 Å². The fourth-order valence-electron chi connectivity index (χ4n) is 1.70. The molecule has 2 aromatic rings. The summed E-state index contributed by atoms with van der Waals surface area (Å²) in [5.74, 6) is -0.522. The van der Waals surface area contributed by atoms with Gasteiger partial charge in [0.15, 0.2) is 0 Å². The molecule has 0 aliphatic carbocycles. The maximum atomic E-state index is 10.9. The summed E-state index contributed by atoms with van der Waals surface area (Å²) < 4.78 is 5.60. The smallest absolute Gasteiger partial charge is 0.335 e. The Balaban J connectivity index is 2.21. The van der Waals surface area contributed by atoms with Crippen molar-refractivity contribution in [3.63, 3.8) is 0 Å². The van der Waals surface area contributed by atoms with Gasteiger partial charge in [-0.25, -0.2) is 9.78 Å². The van der Waals surface area contributed by atoms with Gasteiger partial charge in [-0.2, -0.15) is 5.26 Å². The van der Waals surface area contributed by atoms with E-state index in [1.54, 1.807) is 24.4 Å². The molecular formula is C15H12N2O3. The highest BCUT2D eigenvalue weighted by Gasteiger charge is 2.09. The molecule has 0 aliphatic heterocycles. The third-order valence-corrected chi connectivity index (χ3v) is 2.82. The summed E-state index contributed by atoms with van der Waals surface area (Å²) in [6.45, 7) is 2.00. The topological polar surface area (TPSA) is 83.2 Å². The van der Waals surface area contributed by atoms with Gasteiger partial charge in [-0.05, 0) is 30.7 Å². The molecule has 100 valence electrons. The van der Waals surface area contributed by atoms with E-state index in [1.807, 2.05) is 13.0 Å². The predicted molar refractivity (Wildman–Crippen MR) is 71.4 cm³/mol. The van der Waals surface area contributed by atoms with Gasteiger partial charge in [-0.3, -0.25) is 0 Å². The first kappa shape index (κ1) is 13.6. The van der Waals surface area contributed by atoms with Crippen molar-refractivity contribution in [1.82, 2.24) is 4.98 Å². The average molecular weight is 268 g/mol. The summed E-state index contributed by atoms with van der Waals surface area (Å²) in [6.07, 6.45) is 1.54. The van der Waals surface area contributed by atoms with E-state index in [-0.39, 0.29) is 12.2 Å². The van der Waals surface area contributed by atoms with Crippen LogP contribution in [0.15, 0.2) is 36.5 Å². The minimum Gasteiger partial charge on any atom is -0.489 e. The zero-order chi connectivity index (χ0) is 14.5. The highest BCUT2D eigenvalue weighted by molar-refractivity contribution is 5.88. The second-order valence-electron chi connectivity index (χ2n) is 4.20. The maximum Gasteiger partial charge on any atom is 0.335 e. The number of aromatic carboxylic acids is 1. The highest BCUT2D eigenvalue weighted by Crippen LogP contribution is 2.21. The third kappa shape index (κ3) is 2.93. The highest BCUT2D eigenvalue weighted by atomic mass is 16.5. The molecule has 0 unspecified atom stereocenters. The Bertz CT molecular complexity index is 690. The van der Waals surface area contributed by atoms with Crippen LogP contribution in [0.3, 0.4) is 0 Å². The number of carbonyl (C=O) groups is 1. The summed E-state index contributed by atoms with van der Waals surface area (Å²) >= 11 is 0. The molecule has 0 fully saturated rings. The first-order valence-electron chi connectivity index (χ1n) is 5.92. The lowest BCUT2D eigenvalue weighted by molar-refractivity contribution is 0.0696. The molecule has 5 heteroatoms. The number of aryl methyl sites for hydroxylation is 1. The Morgan fingerprint density at radius 1 is 1.45 bits per heavy atom.